The first kappa shape index (κ1) is 16.3. The number of ether oxygens (including phenoxy) is 2. The lowest BCUT2D eigenvalue weighted by atomic mass is 9.93. The predicted octanol–water partition coefficient (Wildman–Crippen LogP) is 3.74. The van der Waals surface area contributed by atoms with Gasteiger partial charge in [-0.2, -0.15) is 0 Å². The van der Waals surface area contributed by atoms with Crippen LogP contribution in [-0.2, 0) is 0 Å². The lowest BCUT2D eigenvalue weighted by Crippen LogP contribution is -2.14. The maximum absolute atomic E-state index is 13.1. The first-order valence-corrected chi connectivity index (χ1v) is 7.46. The van der Waals surface area contributed by atoms with Crippen molar-refractivity contribution in [2.75, 3.05) is 20.3 Å². The Morgan fingerprint density at radius 2 is 1.95 bits per heavy atom. The van der Waals surface area contributed by atoms with Crippen LogP contribution in [0.2, 0.25) is 0 Å². The van der Waals surface area contributed by atoms with Gasteiger partial charge in [0.2, 0.25) is 0 Å². The topological polar surface area (TPSA) is 44.5 Å². The third-order valence-electron chi connectivity index (χ3n) is 3.63. The van der Waals surface area contributed by atoms with Crippen LogP contribution in [0.5, 0.6) is 11.5 Å². The molecule has 0 amide bonds. The summed E-state index contributed by atoms with van der Waals surface area (Å²) in [5.41, 5.74) is 7.02. The van der Waals surface area contributed by atoms with E-state index in [-0.39, 0.29) is 11.7 Å². The Kier molecular flexibility index (Phi) is 6.22. The average Bonchev–Trinajstić information content (AvgIpc) is 2.55. The summed E-state index contributed by atoms with van der Waals surface area (Å²) < 4.78 is 24.0. The smallest absolute Gasteiger partial charge is 0.126 e. The first-order chi connectivity index (χ1) is 10.7. The summed E-state index contributed by atoms with van der Waals surface area (Å²) in [5, 5.41) is 0. The summed E-state index contributed by atoms with van der Waals surface area (Å²) in [4.78, 5) is 0. The van der Waals surface area contributed by atoms with Gasteiger partial charge in [-0.3, -0.25) is 0 Å². The number of hydrogen-bond acceptors (Lipinski definition) is 3. The highest BCUT2D eigenvalue weighted by Crippen LogP contribution is 2.29. The van der Waals surface area contributed by atoms with Crippen molar-refractivity contribution in [3.8, 4) is 11.5 Å². The molecule has 2 rings (SSSR count). The fourth-order valence-electron chi connectivity index (χ4n) is 2.48. The standard InChI is InChI=1S/C18H22FNO2/c1-21-18-10-3-2-9-17(18)14(13-20)6-5-11-22-16-8-4-7-15(19)12-16/h2-4,7-10,12,14H,5-6,11,13,20H2,1H3. The van der Waals surface area contributed by atoms with Gasteiger partial charge in [0, 0.05) is 6.07 Å². The normalized spacial score (nSPS) is 12.0. The molecule has 22 heavy (non-hydrogen) atoms. The fraction of sp³-hybridized carbons (Fsp3) is 0.333. The van der Waals surface area contributed by atoms with Crippen LogP contribution in [0.15, 0.2) is 48.5 Å². The van der Waals surface area contributed by atoms with Crippen LogP contribution in [0.1, 0.15) is 24.3 Å². The van der Waals surface area contributed by atoms with Crippen molar-refractivity contribution in [3.05, 3.63) is 59.9 Å². The summed E-state index contributed by atoms with van der Waals surface area (Å²) in [6, 6.07) is 14.1. The van der Waals surface area contributed by atoms with Crippen molar-refractivity contribution in [1.29, 1.82) is 0 Å². The van der Waals surface area contributed by atoms with Gasteiger partial charge in [0.25, 0.3) is 0 Å². The van der Waals surface area contributed by atoms with Gasteiger partial charge in [0.15, 0.2) is 0 Å². The number of methoxy groups -OCH3 is 1. The maximum Gasteiger partial charge on any atom is 0.126 e. The maximum atomic E-state index is 13.1. The van der Waals surface area contributed by atoms with E-state index in [1.165, 1.54) is 12.1 Å². The van der Waals surface area contributed by atoms with Crippen LogP contribution in [0, 0.1) is 5.82 Å². The summed E-state index contributed by atoms with van der Waals surface area (Å²) >= 11 is 0. The number of benzene rings is 2. The van der Waals surface area contributed by atoms with Crippen LogP contribution < -0.4 is 15.2 Å². The van der Waals surface area contributed by atoms with Crippen molar-refractivity contribution in [1.82, 2.24) is 0 Å². The monoisotopic (exact) mass is 303 g/mol. The van der Waals surface area contributed by atoms with Crippen molar-refractivity contribution < 1.29 is 13.9 Å². The van der Waals surface area contributed by atoms with E-state index in [1.807, 2.05) is 24.3 Å². The Bertz CT molecular complexity index is 589. The molecular formula is C18H22FNO2. The van der Waals surface area contributed by atoms with Gasteiger partial charge in [-0.05, 0) is 49.1 Å². The van der Waals surface area contributed by atoms with Gasteiger partial charge >= 0.3 is 0 Å². The Labute approximate surface area is 130 Å². The molecule has 1 atom stereocenters. The van der Waals surface area contributed by atoms with Crippen LogP contribution >= 0.6 is 0 Å². The number of rotatable bonds is 8. The molecule has 0 radical (unpaired) electrons. The molecule has 0 aliphatic rings. The van der Waals surface area contributed by atoms with Crippen LogP contribution in [-0.4, -0.2) is 20.3 Å². The fourth-order valence-corrected chi connectivity index (χ4v) is 2.48. The first-order valence-electron chi connectivity index (χ1n) is 7.46. The summed E-state index contributed by atoms with van der Waals surface area (Å²) in [6.45, 7) is 1.09. The van der Waals surface area contributed by atoms with E-state index in [4.69, 9.17) is 15.2 Å². The van der Waals surface area contributed by atoms with Crippen LogP contribution in [0.4, 0.5) is 4.39 Å². The zero-order valence-corrected chi connectivity index (χ0v) is 12.8. The summed E-state index contributed by atoms with van der Waals surface area (Å²) in [5.74, 6) is 1.37. The molecule has 1 unspecified atom stereocenters. The quantitative estimate of drug-likeness (QED) is 0.756. The molecule has 0 spiro atoms. The largest absolute Gasteiger partial charge is 0.496 e. The van der Waals surface area contributed by atoms with Gasteiger partial charge in [-0.25, -0.2) is 4.39 Å². The van der Waals surface area contributed by atoms with E-state index in [2.05, 4.69) is 0 Å². The number of nitrogens with two attached hydrogens (primary N) is 1. The third kappa shape index (κ3) is 4.46. The lowest BCUT2D eigenvalue weighted by molar-refractivity contribution is 0.299. The third-order valence-corrected chi connectivity index (χ3v) is 3.63. The molecule has 0 heterocycles. The molecule has 0 fully saturated rings. The minimum absolute atomic E-state index is 0.229. The highest BCUT2D eigenvalue weighted by atomic mass is 19.1. The molecular weight excluding hydrogens is 281 g/mol. The van der Waals surface area contributed by atoms with E-state index in [0.717, 1.165) is 24.2 Å². The highest BCUT2D eigenvalue weighted by molar-refractivity contribution is 5.36. The van der Waals surface area contributed by atoms with Gasteiger partial charge in [-0.1, -0.05) is 24.3 Å². The molecule has 0 aliphatic carbocycles. The molecule has 118 valence electrons. The molecule has 0 saturated carbocycles. The summed E-state index contributed by atoms with van der Waals surface area (Å²) in [6.07, 6.45) is 1.74. The second-order valence-electron chi connectivity index (χ2n) is 5.12. The Hall–Kier alpha value is -2.07. The SMILES string of the molecule is COc1ccccc1C(CN)CCCOc1cccc(F)c1. The molecule has 4 heteroatoms. The molecule has 2 N–H and O–H groups in total. The van der Waals surface area contributed by atoms with E-state index < -0.39 is 0 Å². The minimum atomic E-state index is -0.286. The zero-order chi connectivity index (χ0) is 15.8. The average molecular weight is 303 g/mol. The number of para-hydroxylation sites is 1. The van der Waals surface area contributed by atoms with Gasteiger partial charge in [0.1, 0.15) is 17.3 Å². The highest BCUT2D eigenvalue weighted by Gasteiger charge is 2.14. The Morgan fingerprint density at radius 3 is 2.68 bits per heavy atom. The molecule has 0 aromatic heterocycles. The predicted molar refractivity (Wildman–Crippen MR) is 85.9 cm³/mol. The van der Waals surface area contributed by atoms with Crippen LogP contribution in [0.3, 0.4) is 0 Å². The van der Waals surface area contributed by atoms with Gasteiger partial charge < -0.3 is 15.2 Å². The van der Waals surface area contributed by atoms with E-state index >= 15 is 0 Å². The lowest BCUT2D eigenvalue weighted by Gasteiger charge is -2.18. The Balaban J connectivity index is 1.86. The number of hydrogen-bond donors (Lipinski definition) is 1. The molecule has 2 aromatic carbocycles. The van der Waals surface area contributed by atoms with E-state index in [0.29, 0.717) is 18.9 Å². The minimum Gasteiger partial charge on any atom is -0.496 e. The van der Waals surface area contributed by atoms with E-state index in [1.54, 1.807) is 19.2 Å². The van der Waals surface area contributed by atoms with Crippen molar-refractivity contribution >= 4 is 0 Å². The second-order valence-corrected chi connectivity index (χ2v) is 5.12. The Morgan fingerprint density at radius 1 is 1.14 bits per heavy atom. The van der Waals surface area contributed by atoms with Gasteiger partial charge in [-0.15, -0.1) is 0 Å². The molecule has 3 nitrogen and oxygen atoms in total. The molecule has 0 saturated heterocycles. The van der Waals surface area contributed by atoms with Crippen molar-refractivity contribution in [3.63, 3.8) is 0 Å². The van der Waals surface area contributed by atoms with Crippen LogP contribution in [0.25, 0.3) is 0 Å². The zero-order valence-electron chi connectivity index (χ0n) is 12.8. The number of halogens is 1. The van der Waals surface area contributed by atoms with Crippen molar-refractivity contribution in [2.45, 2.75) is 18.8 Å². The van der Waals surface area contributed by atoms with Gasteiger partial charge in [0.05, 0.1) is 13.7 Å². The van der Waals surface area contributed by atoms with Crippen molar-refractivity contribution in [2.24, 2.45) is 5.73 Å². The molecule has 0 bridgehead atoms. The van der Waals surface area contributed by atoms with E-state index in [9.17, 15) is 4.39 Å². The second kappa shape index (κ2) is 8.39. The molecule has 2 aromatic rings. The molecule has 0 aliphatic heterocycles. The summed E-state index contributed by atoms with van der Waals surface area (Å²) in [7, 11) is 1.67.